The van der Waals surface area contributed by atoms with Gasteiger partial charge in [0.05, 0.1) is 6.10 Å². The molecule has 3 unspecified atom stereocenters. The lowest BCUT2D eigenvalue weighted by atomic mass is 9.88. The molecule has 122 valence electrons. The molecule has 0 radical (unpaired) electrons. The number of aliphatic hydroxyl groups is 1. The van der Waals surface area contributed by atoms with E-state index in [-0.39, 0.29) is 30.2 Å². The quantitative estimate of drug-likeness (QED) is 0.668. The molecule has 1 saturated carbocycles. The Bertz CT molecular complexity index is 340. The van der Waals surface area contributed by atoms with Crippen LogP contribution in [0.1, 0.15) is 59.3 Å². The van der Waals surface area contributed by atoms with Crippen LogP contribution in [0.5, 0.6) is 0 Å². The molecule has 5 nitrogen and oxygen atoms in total. The maximum atomic E-state index is 12.1. The lowest BCUT2D eigenvalue weighted by Crippen LogP contribution is -2.48. The molecule has 1 fully saturated rings. The minimum absolute atomic E-state index is 0.0141. The Morgan fingerprint density at radius 1 is 1.19 bits per heavy atom. The minimum Gasteiger partial charge on any atom is -0.391 e. The number of nitrogens with one attached hydrogen (secondary N) is 2. The van der Waals surface area contributed by atoms with E-state index in [1.54, 1.807) is 6.92 Å². The zero-order valence-electron chi connectivity index (χ0n) is 13.5. The number of amides is 2. The van der Waals surface area contributed by atoms with E-state index in [9.17, 15) is 14.7 Å². The number of hydrogen-bond acceptors (Lipinski definition) is 3. The van der Waals surface area contributed by atoms with Gasteiger partial charge in [-0.2, -0.15) is 0 Å². The highest BCUT2D eigenvalue weighted by molar-refractivity contribution is 5.88. The Morgan fingerprint density at radius 2 is 1.81 bits per heavy atom. The van der Waals surface area contributed by atoms with E-state index in [4.69, 9.17) is 0 Å². The second-order valence-electron chi connectivity index (χ2n) is 6.26. The third-order valence-electron chi connectivity index (χ3n) is 4.51. The zero-order valence-corrected chi connectivity index (χ0v) is 13.5. The van der Waals surface area contributed by atoms with Crippen LogP contribution in [0.15, 0.2) is 0 Å². The Labute approximate surface area is 127 Å². The first-order chi connectivity index (χ1) is 9.95. The summed E-state index contributed by atoms with van der Waals surface area (Å²) in [7, 11) is 0. The average Bonchev–Trinajstić information content (AvgIpc) is 2.51. The highest BCUT2D eigenvalue weighted by Crippen LogP contribution is 2.23. The molecule has 0 aliphatic heterocycles. The van der Waals surface area contributed by atoms with Gasteiger partial charge in [-0.1, -0.05) is 39.5 Å². The fraction of sp³-hybridized carbons (Fsp3) is 0.875. The molecular formula is C16H30N2O3. The number of hydrogen-bond donors (Lipinski definition) is 3. The second-order valence-corrected chi connectivity index (χ2v) is 6.26. The Balaban J connectivity index is 2.31. The topological polar surface area (TPSA) is 78.4 Å². The first-order valence-corrected chi connectivity index (χ1v) is 8.21. The predicted molar refractivity (Wildman–Crippen MR) is 82.7 cm³/mol. The molecule has 2 amide bonds. The van der Waals surface area contributed by atoms with Crippen LogP contribution in [-0.4, -0.2) is 35.6 Å². The molecule has 21 heavy (non-hydrogen) atoms. The number of rotatable bonds is 7. The molecule has 0 heterocycles. The highest BCUT2D eigenvalue weighted by Gasteiger charge is 2.24. The van der Waals surface area contributed by atoms with Gasteiger partial charge in [-0.15, -0.1) is 0 Å². The normalized spacial score (nSPS) is 20.4. The van der Waals surface area contributed by atoms with E-state index in [0.717, 1.165) is 32.1 Å². The van der Waals surface area contributed by atoms with Crippen molar-refractivity contribution in [3.05, 3.63) is 0 Å². The first kappa shape index (κ1) is 18.0. The molecule has 0 bridgehead atoms. The zero-order chi connectivity index (χ0) is 15.8. The molecule has 0 aromatic rings. The van der Waals surface area contributed by atoms with E-state index in [1.165, 1.54) is 6.42 Å². The standard InChI is InChI=1S/C16H30N2O3/c1-4-11(2)14(19)10-17-15(20)12(3)18-16(21)13-8-6-5-7-9-13/h11-14,19H,4-10H2,1-3H3,(H,17,20)(H,18,21). The molecule has 0 aromatic heterocycles. The highest BCUT2D eigenvalue weighted by atomic mass is 16.3. The van der Waals surface area contributed by atoms with Crippen molar-refractivity contribution in [1.82, 2.24) is 10.6 Å². The predicted octanol–water partition coefficient (Wildman–Crippen LogP) is 1.59. The van der Waals surface area contributed by atoms with Crippen LogP contribution in [-0.2, 0) is 9.59 Å². The van der Waals surface area contributed by atoms with Crippen molar-refractivity contribution < 1.29 is 14.7 Å². The van der Waals surface area contributed by atoms with Gasteiger partial charge in [0.1, 0.15) is 6.04 Å². The summed E-state index contributed by atoms with van der Waals surface area (Å²) >= 11 is 0. The lowest BCUT2D eigenvalue weighted by Gasteiger charge is -2.23. The van der Waals surface area contributed by atoms with E-state index in [0.29, 0.717) is 0 Å². The summed E-state index contributed by atoms with van der Waals surface area (Å²) in [6.07, 6.45) is 5.57. The molecule has 3 atom stereocenters. The molecule has 0 spiro atoms. The Kier molecular flexibility index (Phi) is 7.72. The van der Waals surface area contributed by atoms with Gasteiger partial charge >= 0.3 is 0 Å². The summed E-state index contributed by atoms with van der Waals surface area (Å²) in [6, 6.07) is -0.552. The smallest absolute Gasteiger partial charge is 0.242 e. The average molecular weight is 298 g/mol. The van der Waals surface area contributed by atoms with Crippen molar-refractivity contribution in [3.8, 4) is 0 Å². The van der Waals surface area contributed by atoms with Gasteiger partial charge < -0.3 is 15.7 Å². The van der Waals surface area contributed by atoms with Crippen molar-refractivity contribution >= 4 is 11.8 Å². The lowest BCUT2D eigenvalue weighted by molar-refractivity contribution is -0.131. The first-order valence-electron chi connectivity index (χ1n) is 8.21. The van der Waals surface area contributed by atoms with Crippen LogP contribution >= 0.6 is 0 Å². The monoisotopic (exact) mass is 298 g/mol. The van der Waals surface area contributed by atoms with Crippen molar-refractivity contribution in [1.29, 1.82) is 0 Å². The molecule has 3 N–H and O–H groups in total. The van der Waals surface area contributed by atoms with Gasteiger partial charge in [-0.05, 0) is 25.7 Å². The summed E-state index contributed by atoms with van der Waals surface area (Å²) in [5.74, 6) is -0.0431. The summed E-state index contributed by atoms with van der Waals surface area (Å²) in [5.41, 5.74) is 0. The fourth-order valence-corrected chi connectivity index (χ4v) is 2.59. The Morgan fingerprint density at radius 3 is 2.38 bits per heavy atom. The van der Waals surface area contributed by atoms with Crippen molar-refractivity contribution in [2.75, 3.05) is 6.54 Å². The van der Waals surface area contributed by atoms with E-state index < -0.39 is 12.1 Å². The molecule has 5 heteroatoms. The van der Waals surface area contributed by atoms with E-state index in [1.807, 2.05) is 13.8 Å². The second kappa shape index (κ2) is 9.03. The molecule has 0 aromatic carbocycles. The van der Waals surface area contributed by atoms with Gasteiger partial charge in [0.25, 0.3) is 0 Å². The SMILES string of the molecule is CCC(C)C(O)CNC(=O)C(C)NC(=O)C1CCCCC1. The third-order valence-corrected chi connectivity index (χ3v) is 4.51. The van der Waals surface area contributed by atoms with E-state index >= 15 is 0 Å². The van der Waals surface area contributed by atoms with Gasteiger partial charge in [-0.25, -0.2) is 0 Å². The van der Waals surface area contributed by atoms with Gasteiger partial charge in [0.2, 0.25) is 11.8 Å². The van der Waals surface area contributed by atoms with Gasteiger partial charge in [0, 0.05) is 12.5 Å². The Hall–Kier alpha value is -1.10. The van der Waals surface area contributed by atoms with Gasteiger partial charge in [-0.3, -0.25) is 9.59 Å². The summed E-state index contributed by atoms with van der Waals surface area (Å²) in [4.78, 5) is 24.0. The molecule has 1 aliphatic carbocycles. The maximum absolute atomic E-state index is 12.1. The number of aliphatic hydroxyl groups excluding tert-OH is 1. The van der Waals surface area contributed by atoms with Crippen molar-refractivity contribution in [2.45, 2.75) is 71.4 Å². The molecule has 1 rings (SSSR count). The largest absolute Gasteiger partial charge is 0.391 e. The summed E-state index contributed by atoms with van der Waals surface area (Å²) < 4.78 is 0. The van der Waals surface area contributed by atoms with Crippen LogP contribution in [0.25, 0.3) is 0 Å². The molecule has 1 aliphatic rings. The van der Waals surface area contributed by atoms with Crippen LogP contribution in [0, 0.1) is 11.8 Å². The summed E-state index contributed by atoms with van der Waals surface area (Å²) in [5, 5.41) is 15.3. The molecular weight excluding hydrogens is 268 g/mol. The number of carbonyl (C=O) groups excluding carboxylic acids is 2. The molecule has 0 saturated heterocycles. The van der Waals surface area contributed by atoms with Crippen LogP contribution in [0.3, 0.4) is 0 Å². The van der Waals surface area contributed by atoms with E-state index in [2.05, 4.69) is 10.6 Å². The number of carbonyl (C=O) groups is 2. The summed E-state index contributed by atoms with van der Waals surface area (Å²) in [6.45, 7) is 5.87. The maximum Gasteiger partial charge on any atom is 0.242 e. The van der Waals surface area contributed by atoms with Crippen molar-refractivity contribution in [2.24, 2.45) is 11.8 Å². The van der Waals surface area contributed by atoms with Crippen LogP contribution in [0.2, 0.25) is 0 Å². The minimum atomic E-state index is -0.552. The van der Waals surface area contributed by atoms with Crippen molar-refractivity contribution in [3.63, 3.8) is 0 Å². The fourth-order valence-electron chi connectivity index (χ4n) is 2.59. The van der Waals surface area contributed by atoms with Gasteiger partial charge in [0.15, 0.2) is 0 Å². The third kappa shape index (κ3) is 6.04. The van der Waals surface area contributed by atoms with Crippen LogP contribution < -0.4 is 10.6 Å². The van der Waals surface area contributed by atoms with Crippen LogP contribution in [0.4, 0.5) is 0 Å².